The molecule has 0 aromatic heterocycles. The molecule has 0 spiro atoms. The predicted octanol–water partition coefficient (Wildman–Crippen LogP) is 24.5. The maximum atomic E-state index is 2.43. The van der Waals surface area contributed by atoms with E-state index in [1.165, 1.54) is 144 Å². The maximum Gasteiger partial charge on any atom is -0.00143 e. The summed E-state index contributed by atoms with van der Waals surface area (Å²) in [6.07, 6.45) is 4.48. The van der Waals surface area contributed by atoms with Crippen LogP contribution in [-0.4, -0.2) is 0 Å². The Morgan fingerprint density at radius 3 is 0.705 bits per heavy atom. The Kier molecular flexibility index (Phi) is 14.5. The van der Waals surface area contributed by atoms with Gasteiger partial charge in [0.2, 0.25) is 0 Å². The van der Waals surface area contributed by atoms with Crippen LogP contribution < -0.4 is 0 Å². The van der Waals surface area contributed by atoms with E-state index in [9.17, 15) is 0 Å². The fourth-order valence-corrected chi connectivity index (χ4v) is 13.0. The monoisotopic (exact) mass is 1120 g/mol. The summed E-state index contributed by atoms with van der Waals surface area (Å²) in [5.74, 6) is 0. The zero-order chi connectivity index (χ0) is 58.6. The first-order valence-electron chi connectivity index (χ1n) is 30.4. The van der Waals surface area contributed by atoms with Crippen LogP contribution in [0.2, 0.25) is 0 Å². The lowest BCUT2D eigenvalue weighted by Gasteiger charge is -2.24. The van der Waals surface area contributed by atoms with Crippen LogP contribution in [0.1, 0.15) is 11.1 Å². The van der Waals surface area contributed by atoms with Crippen molar-refractivity contribution in [3.8, 4) is 122 Å². The summed E-state index contributed by atoms with van der Waals surface area (Å²) in [6, 6.07) is 129. The number of rotatable bonds is 13. The second-order valence-electron chi connectivity index (χ2n) is 22.7. The average Bonchev–Trinajstić information content (AvgIpc) is 0.922. The summed E-state index contributed by atoms with van der Waals surface area (Å²) in [5.41, 5.74) is 28.7. The Labute approximate surface area is 516 Å². The third-order valence-corrected chi connectivity index (χ3v) is 17.2. The molecule has 15 aromatic carbocycles. The van der Waals surface area contributed by atoms with Gasteiger partial charge >= 0.3 is 0 Å². The summed E-state index contributed by atoms with van der Waals surface area (Å²) in [4.78, 5) is 0. The molecule has 15 rings (SSSR count). The molecule has 0 nitrogen and oxygen atoms in total. The zero-order valence-corrected chi connectivity index (χ0v) is 48.6. The molecule has 412 valence electrons. The number of fused-ring (bicyclic) bond motifs is 2. The molecule has 0 heteroatoms. The molecule has 0 aliphatic heterocycles. The van der Waals surface area contributed by atoms with Crippen molar-refractivity contribution >= 4 is 33.7 Å². The Bertz CT molecular complexity index is 4980. The molecule has 0 atom stereocenters. The van der Waals surface area contributed by atoms with E-state index in [0.29, 0.717) is 0 Å². The van der Waals surface area contributed by atoms with E-state index in [2.05, 4.69) is 364 Å². The quantitative estimate of drug-likeness (QED) is 0.101. The molecule has 0 heterocycles. The van der Waals surface area contributed by atoms with Gasteiger partial charge < -0.3 is 0 Å². The Balaban J connectivity index is 0.749. The Hall–Kier alpha value is -11.4. The van der Waals surface area contributed by atoms with Gasteiger partial charge in [0, 0.05) is 0 Å². The van der Waals surface area contributed by atoms with Gasteiger partial charge in [-0.15, -0.1) is 0 Å². The smallest absolute Gasteiger partial charge is 0.00143 e. The van der Waals surface area contributed by atoms with Gasteiger partial charge in [-0.1, -0.05) is 328 Å². The molecular weight excluding hydrogens is 1060 g/mol. The third-order valence-electron chi connectivity index (χ3n) is 17.2. The fourth-order valence-electron chi connectivity index (χ4n) is 13.0. The van der Waals surface area contributed by atoms with Crippen molar-refractivity contribution in [2.24, 2.45) is 0 Å². The predicted molar refractivity (Wildman–Crippen MR) is 377 cm³/mol. The Morgan fingerprint density at radius 2 is 0.364 bits per heavy atom. The molecule has 0 bridgehead atoms. The molecular formula is C88H60. The lowest BCUT2D eigenvalue weighted by Crippen LogP contribution is -1.98. The highest BCUT2D eigenvalue weighted by molar-refractivity contribution is 6.10. The molecule has 0 amide bonds. The van der Waals surface area contributed by atoms with E-state index in [1.54, 1.807) is 0 Å². The average molecular weight is 1120 g/mol. The standard InChI is InChI=1S/C88H60/c1-9-25-64(26-10-1)79-59-81(85(69-33-17-5-18-34-69)87(71-37-21-7-22-38-71)83(79)67-29-13-3-14-30-67)66-49-47-63(48-50-66)75-52-51-73-55-61(43-45-76(73)57-75)41-42-62-44-46-77-58-78(54-53-74(77)56-62)82-60-80(65-27-11-2-12-28-65)84(68-31-15-4-16-32-68)88(72-39-23-8-24-40-72)86(82)70-35-19-6-20-36-70/h1-60H/b42-41+. The third kappa shape index (κ3) is 10.5. The SMILES string of the molecule is C(=C\c1ccc2cc(-c3cc(-c4ccccc4)c(-c4ccccc4)c(-c4ccccc4)c3-c3ccccc3)ccc2c1)/c1ccc2cc(-c3ccc(-c4cc(-c5ccccc5)c(-c5ccccc5)c(-c5ccccc5)c4-c4ccccc4)cc3)ccc2c1. The summed E-state index contributed by atoms with van der Waals surface area (Å²) < 4.78 is 0. The largest absolute Gasteiger partial charge is 0.0622 e. The molecule has 0 saturated heterocycles. The van der Waals surface area contributed by atoms with Crippen LogP contribution in [0.25, 0.3) is 156 Å². The van der Waals surface area contributed by atoms with Gasteiger partial charge in [-0.05, 0) is 191 Å². The van der Waals surface area contributed by atoms with E-state index in [4.69, 9.17) is 0 Å². The highest BCUT2D eigenvalue weighted by Crippen LogP contribution is 2.52. The van der Waals surface area contributed by atoms with Gasteiger partial charge in [0.1, 0.15) is 0 Å². The van der Waals surface area contributed by atoms with Crippen molar-refractivity contribution in [2.75, 3.05) is 0 Å². The molecule has 0 aliphatic rings. The zero-order valence-electron chi connectivity index (χ0n) is 48.6. The van der Waals surface area contributed by atoms with Gasteiger partial charge in [-0.2, -0.15) is 0 Å². The van der Waals surface area contributed by atoms with Crippen LogP contribution in [0.15, 0.2) is 352 Å². The van der Waals surface area contributed by atoms with Gasteiger partial charge in [0.05, 0.1) is 0 Å². The minimum atomic E-state index is 1.16. The minimum Gasteiger partial charge on any atom is -0.0622 e. The topological polar surface area (TPSA) is 0 Å². The van der Waals surface area contributed by atoms with Crippen molar-refractivity contribution < 1.29 is 0 Å². The minimum absolute atomic E-state index is 1.16. The molecule has 0 aliphatic carbocycles. The van der Waals surface area contributed by atoms with E-state index in [-0.39, 0.29) is 0 Å². The van der Waals surface area contributed by atoms with Crippen molar-refractivity contribution in [2.45, 2.75) is 0 Å². The molecule has 0 unspecified atom stereocenters. The van der Waals surface area contributed by atoms with Crippen LogP contribution in [-0.2, 0) is 0 Å². The lowest BCUT2D eigenvalue weighted by atomic mass is 9.78. The van der Waals surface area contributed by atoms with Crippen LogP contribution >= 0.6 is 0 Å². The second-order valence-corrected chi connectivity index (χ2v) is 22.7. The van der Waals surface area contributed by atoms with Crippen LogP contribution in [0, 0.1) is 0 Å². The van der Waals surface area contributed by atoms with Crippen molar-refractivity contribution in [3.63, 3.8) is 0 Å². The summed E-state index contributed by atoms with van der Waals surface area (Å²) in [5, 5.41) is 4.81. The molecule has 88 heavy (non-hydrogen) atoms. The van der Waals surface area contributed by atoms with E-state index >= 15 is 0 Å². The van der Waals surface area contributed by atoms with E-state index in [0.717, 1.165) is 11.1 Å². The molecule has 0 fully saturated rings. The Morgan fingerprint density at radius 1 is 0.136 bits per heavy atom. The first kappa shape index (κ1) is 53.3. The van der Waals surface area contributed by atoms with Crippen molar-refractivity contribution in [3.05, 3.63) is 363 Å². The van der Waals surface area contributed by atoms with Crippen molar-refractivity contribution in [1.29, 1.82) is 0 Å². The van der Waals surface area contributed by atoms with E-state index < -0.39 is 0 Å². The van der Waals surface area contributed by atoms with Gasteiger partial charge in [0.25, 0.3) is 0 Å². The molecule has 0 N–H and O–H groups in total. The second kappa shape index (κ2) is 23.9. The summed E-state index contributed by atoms with van der Waals surface area (Å²) >= 11 is 0. The highest BCUT2D eigenvalue weighted by Gasteiger charge is 2.26. The first-order valence-corrected chi connectivity index (χ1v) is 30.4. The van der Waals surface area contributed by atoms with Crippen molar-refractivity contribution in [1.82, 2.24) is 0 Å². The number of hydrogen-bond donors (Lipinski definition) is 0. The number of benzene rings is 15. The van der Waals surface area contributed by atoms with E-state index in [1.807, 2.05) is 0 Å². The summed E-state index contributed by atoms with van der Waals surface area (Å²) in [6.45, 7) is 0. The molecule has 15 aromatic rings. The van der Waals surface area contributed by atoms with Crippen LogP contribution in [0.3, 0.4) is 0 Å². The van der Waals surface area contributed by atoms with Crippen LogP contribution in [0.4, 0.5) is 0 Å². The highest BCUT2D eigenvalue weighted by atomic mass is 14.3. The fraction of sp³-hybridized carbons (Fsp3) is 0. The molecule has 0 radical (unpaired) electrons. The lowest BCUT2D eigenvalue weighted by molar-refractivity contribution is 1.52. The van der Waals surface area contributed by atoms with Crippen LogP contribution in [0.5, 0.6) is 0 Å². The summed E-state index contributed by atoms with van der Waals surface area (Å²) in [7, 11) is 0. The first-order chi connectivity index (χ1) is 43.6. The normalized spacial score (nSPS) is 11.4. The number of hydrogen-bond acceptors (Lipinski definition) is 0. The molecule has 0 saturated carbocycles. The van der Waals surface area contributed by atoms with Gasteiger partial charge in [0.15, 0.2) is 0 Å². The van der Waals surface area contributed by atoms with Gasteiger partial charge in [-0.3, -0.25) is 0 Å². The van der Waals surface area contributed by atoms with Gasteiger partial charge in [-0.25, -0.2) is 0 Å². The maximum absolute atomic E-state index is 2.43.